The van der Waals surface area contributed by atoms with Crippen LogP contribution in [0.15, 0.2) is 12.3 Å². The number of nitro groups is 1. The fraction of sp³-hybridized carbons (Fsp3) is 0.400. The number of sulfone groups is 1. The molecule has 1 unspecified atom stereocenters. The monoisotopic (exact) mass is 319 g/mol. The minimum Gasteiger partial charge on any atom is -0.480 e. The van der Waals surface area contributed by atoms with Gasteiger partial charge >= 0.3 is 5.97 Å². The standard InChI is InChI=1S/C10H13N3O7S/c1-21(19,20)3-2-7(10(15)16)12-9(14)8-4-6(5-11-8)13(17)18/h4-5,7,11H,2-3H2,1H3,(H,12,14)(H,15,16). The Morgan fingerprint density at radius 2 is 2.14 bits per heavy atom. The van der Waals surface area contributed by atoms with Gasteiger partial charge in [-0.3, -0.25) is 14.9 Å². The van der Waals surface area contributed by atoms with Crippen LogP contribution in [0.25, 0.3) is 0 Å². The number of carbonyl (C=O) groups excluding carboxylic acids is 1. The molecule has 0 bridgehead atoms. The molecule has 1 atom stereocenters. The molecule has 0 fully saturated rings. The zero-order valence-electron chi connectivity index (χ0n) is 10.9. The molecule has 10 nitrogen and oxygen atoms in total. The van der Waals surface area contributed by atoms with Crippen molar-refractivity contribution in [1.29, 1.82) is 0 Å². The zero-order valence-corrected chi connectivity index (χ0v) is 11.7. The number of carbonyl (C=O) groups is 2. The molecular formula is C10H13N3O7S. The third-order valence-corrected chi connectivity index (χ3v) is 3.48. The first-order valence-electron chi connectivity index (χ1n) is 5.64. The number of aliphatic carboxylic acids is 1. The maximum absolute atomic E-state index is 11.7. The van der Waals surface area contributed by atoms with Crippen LogP contribution < -0.4 is 5.32 Å². The Labute approximate surface area is 119 Å². The molecule has 0 radical (unpaired) electrons. The van der Waals surface area contributed by atoms with Crippen LogP contribution >= 0.6 is 0 Å². The Balaban J connectivity index is 2.76. The highest BCUT2D eigenvalue weighted by molar-refractivity contribution is 7.90. The minimum atomic E-state index is -3.37. The Kier molecular flexibility index (Phi) is 5.02. The van der Waals surface area contributed by atoms with Gasteiger partial charge in [0.05, 0.1) is 16.9 Å². The van der Waals surface area contributed by atoms with Gasteiger partial charge in [0.15, 0.2) is 0 Å². The van der Waals surface area contributed by atoms with Crippen molar-refractivity contribution < 1.29 is 28.0 Å². The Bertz CT molecular complexity index is 664. The van der Waals surface area contributed by atoms with Gasteiger partial charge in [-0.25, -0.2) is 13.2 Å². The van der Waals surface area contributed by atoms with E-state index in [2.05, 4.69) is 10.3 Å². The van der Waals surface area contributed by atoms with Crippen molar-refractivity contribution in [2.75, 3.05) is 12.0 Å². The number of rotatable bonds is 7. The van der Waals surface area contributed by atoms with E-state index in [1.807, 2.05) is 0 Å². The number of amides is 1. The molecule has 0 saturated carbocycles. The van der Waals surface area contributed by atoms with Gasteiger partial charge in [0.2, 0.25) is 0 Å². The van der Waals surface area contributed by atoms with E-state index >= 15 is 0 Å². The first-order valence-corrected chi connectivity index (χ1v) is 7.70. The van der Waals surface area contributed by atoms with Crippen molar-refractivity contribution in [3.8, 4) is 0 Å². The van der Waals surface area contributed by atoms with Gasteiger partial charge in [-0.1, -0.05) is 0 Å². The summed E-state index contributed by atoms with van der Waals surface area (Å²) in [5, 5.41) is 21.5. The lowest BCUT2D eigenvalue weighted by molar-refractivity contribution is -0.384. The van der Waals surface area contributed by atoms with Gasteiger partial charge in [0.25, 0.3) is 11.6 Å². The second-order valence-electron chi connectivity index (χ2n) is 4.31. The molecule has 0 aromatic carbocycles. The fourth-order valence-corrected chi connectivity index (χ4v) is 2.11. The van der Waals surface area contributed by atoms with Gasteiger partial charge in [-0.05, 0) is 6.42 Å². The van der Waals surface area contributed by atoms with Crippen molar-refractivity contribution in [2.45, 2.75) is 12.5 Å². The minimum absolute atomic E-state index is 0.188. The van der Waals surface area contributed by atoms with Crippen LogP contribution in [0.5, 0.6) is 0 Å². The smallest absolute Gasteiger partial charge is 0.326 e. The molecular weight excluding hydrogens is 306 g/mol. The summed E-state index contributed by atoms with van der Waals surface area (Å²) in [5.41, 5.74) is -0.532. The molecule has 1 amide bonds. The Morgan fingerprint density at radius 3 is 2.57 bits per heavy atom. The number of H-pyrrole nitrogens is 1. The lowest BCUT2D eigenvalue weighted by Crippen LogP contribution is -2.42. The van der Waals surface area contributed by atoms with E-state index in [0.29, 0.717) is 0 Å². The van der Waals surface area contributed by atoms with Gasteiger partial charge in [0.1, 0.15) is 21.6 Å². The molecule has 0 saturated heterocycles. The van der Waals surface area contributed by atoms with Gasteiger partial charge in [0, 0.05) is 12.3 Å². The van der Waals surface area contributed by atoms with Crippen molar-refractivity contribution in [1.82, 2.24) is 10.3 Å². The summed E-state index contributed by atoms with van der Waals surface area (Å²) < 4.78 is 22.0. The fourth-order valence-electron chi connectivity index (χ4n) is 1.44. The number of hydrogen-bond acceptors (Lipinski definition) is 6. The molecule has 1 heterocycles. The Morgan fingerprint density at radius 1 is 1.52 bits per heavy atom. The first kappa shape index (κ1) is 16.6. The van der Waals surface area contributed by atoms with Gasteiger partial charge < -0.3 is 15.4 Å². The molecule has 11 heteroatoms. The second-order valence-corrected chi connectivity index (χ2v) is 6.57. The van der Waals surface area contributed by atoms with E-state index in [9.17, 15) is 28.1 Å². The van der Waals surface area contributed by atoms with Crippen LogP contribution in [-0.4, -0.2) is 53.4 Å². The van der Waals surface area contributed by atoms with Crippen molar-refractivity contribution in [2.24, 2.45) is 0 Å². The summed E-state index contributed by atoms with van der Waals surface area (Å²) >= 11 is 0. The summed E-state index contributed by atoms with van der Waals surface area (Å²) in [6.45, 7) is 0. The second kappa shape index (κ2) is 6.35. The topological polar surface area (TPSA) is 159 Å². The summed E-state index contributed by atoms with van der Waals surface area (Å²) in [4.78, 5) is 34.8. The number of aromatic amines is 1. The molecule has 21 heavy (non-hydrogen) atoms. The summed E-state index contributed by atoms with van der Waals surface area (Å²) in [6.07, 6.45) is 1.63. The van der Waals surface area contributed by atoms with E-state index < -0.39 is 38.4 Å². The highest BCUT2D eigenvalue weighted by Gasteiger charge is 2.23. The largest absolute Gasteiger partial charge is 0.480 e. The SMILES string of the molecule is CS(=O)(=O)CCC(NC(=O)c1cc([N+](=O)[O-])c[nH]1)C(=O)O. The highest BCUT2D eigenvalue weighted by Crippen LogP contribution is 2.12. The molecule has 1 aromatic heterocycles. The van der Waals surface area contributed by atoms with Crippen LogP contribution in [0.2, 0.25) is 0 Å². The molecule has 1 aromatic rings. The number of hydrogen-bond donors (Lipinski definition) is 3. The van der Waals surface area contributed by atoms with Gasteiger partial charge in [-0.2, -0.15) is 0 Å². The maximum atomic E-state index is 11.7. The van der Waals surface area contributed by atoms with Crippen molar-refractivity contribution in [3.63, 3.8) is 0 Å². The molecule has 116 valence electrons. The van der Waals surface area contributed by atoms with Crippen LogP contribution in [0.1, 0.15) is 16.9 Å². The molecule has 0 spiro atoms. The normalized spacial score (nSPS) is 12.6. The highest BCUT2D eigenvalue weighted by atomic mass is 32.2. The number of aromatic nitrogens is 1. The average Bonchev–Trinajstić information content (AvgIpc) is 2.82. The number of carboxylic acids is 1. The quantitative estimate of drug-likeness (QED) is 0.452. The van der Waals surface area contributed by atoms with E-state index in [4.69, 9.17) is 5.11 Å². The van der Waals surface area contributed by atoms with Gasteiger partial charge in [-0.15, -0.1) is 0 Å². The van der Waals surface area contributed by atoms with E-state index in [1.165, 1.54) is 0 Å². The Hall–Kier alpha value is -2.43. The molecule has 1 rings (SSSR count). The number of nitrogens with one attached hydrogen (secondary N) is 2. The van der Waals surface area contributed by atoms with Crippen molar-refractivity contribution >= 4 is 27.4 Å². The maximum Gasteiger partial charge on any atom is 0.326 e. The average molecular weight is 319 g/mol. The van der Waals surface area contributed by atoms with E-state index in [-0.39, 0.29) is 17.8 Å². The summed E-state index contributed by atoms with van der Waals surface area (Å²) in [6, 6.07) is -0.459. The zero-order chi connectivity index (χ0) is 16.2. The van der Waals surface area contributed by atoms with Crippen LogP contribution in [0.4, 0.5) is 5.69 Å². The van der Waals surface area contributed by atoms with Crippen LogP contribution in [-0.2, 0) is 14.6 Å². The van der Waals surface area contributed by atoms with Crippen LogP contribution in [0.3, 0.4) is 0 Å². The third-order valence-electron chi connectivity index (χ3n) is 2.50. The predicted octanol–water partition coefficient (Wildman–Crippen LogP) is -0.459. The molecule has 0 aliphatic heterocycles. The third kappa shape index (κ3) is 5.22. The molecule has 0 aliphatic carbocycles. The van der Waals surface area contributed by atoms with E-state index in [1.54, 1.807) is 0 Å². The lowest BCUT2D eigenvalue weighted by Gasteiger charge is -2.13. The lowest BCUT2D eigenvalue weighted by atomic mass is 10.2. The van der Waals surface area contributed by atoms with E-state index in [0.717, 1.165) is 18.5 Å². The predicted molar refractivity (Wildman–Crippen MR) is 70.7 cm³/mol. The number of nitrogens with zero attached hydrogens (tertiary/aromatic N) is 1. The molecule has 0 aliphatic rings. The summed E-state index contributed by atoms with van der Waals surface area (Å²) in [7, 11) is -3.37. The molecule has 3 N–H and O–H groups in total. The van der Waals surface area contributed by atoms with Crippen molar-refractivity contribution in [3.05, 3.63) is 28.1 Å². The van der Waals surface area contributed by atoms with Crippen LogP contribution in [0, 0.1) is 10.1 Å². The summed E-state index contributed by atoms with van der Waals surface area (Å²) in [5.74, 6) is -2.67. The number of carboxylic acid groups (broad SMARTS) is 1. The first-order chi connectivity index (χ1) is 9.60.